The predicted octanol–water partition coefficient (Wildman–Crippen LogP) is 2.98. The van der Waals surface area contributed by atoms with E-state index in [-0.39, 0.29) is 11.7 Å². The van der Waals surface area contributed by atoms with Crippen LogP contribution in [0.2, 0.25) is 0 Å². The largest absolute Gasteiger partial charge is 0.381 e. The van der Waals surface area contributed by atoms with E-state index in [1.807, 2.05) is 4.90 Å². The zero-order chi connectivity index (χ0) is 22.1. The second-order valence-corrected chi connectivity index (χ2v) is 9.26. The molecule has 168 valence electrons. The summed E-state index contributed by atoms with van der Waals surface area (Å²) >= 11 is 1.80. The number of aromatic nitrogens is 2. The van der Waals surface area contributed by atoms with Crippen LogP contribution in [0.3, 0.4) is 0 Å². The maximum Gasteiger partial charge on any atom is 0.228 e. The van der Waals surface area contributed by atoms with Gasteiger partial charge in [0.2, 0.25) is 5.95 Å². The Bertz CT molecular complexity index is 1030. The molecule has 8 nitrogen and oxygen atoms in total. The Morgan fingerprint density at radius 1 is 1.16 bits per heavy atom. The third kappa shape index (κ3) is 4.29. The van der Waals surface area contributed by atoms with Gasteiger partial charge in [0.05, 0.1) is 17.1 Å². The molecule has 0 amide bonds. The second kappa shape index (κ2) is 9.03. The Labute approximate surface area is 190 Å². The molecule has 1 aromatic heterocycles. The Morgan fingerprint density at radius 3 is 2.69 bits per heavy atom. The molecule has 0 spiro atoms. The lowest BCUT2D eigenvalue weighted by atomic mass is 10.1. The number of nitrogens with one attached hydrogen (secondary N) is 3. The minimum absolute atomic E-state index is 0.211. The van der Waals surface area contributed by atoms with Gasteiger partial charge in [-0.15, -0.1) is 11.8 Å². The van der Waals surface area contributed by atoms with Gasteiger partial charge < -0.3 is 19.9 Å². The van der Waals surface area contributed by atoms with Crippen LogP contribution >= 0.6 is 11.8 Å². The zero-order valence-electron chi connectivity index (χ0n) is 17.7. The highest BCUT2D eigenvalue weighted by molar-refractivity contribution is 7.99. The van der Waals surface area contributed by atoms with E-state index in [1.165, 1.54) is 12.1 Å². The van der Waals surface area contributed by atoms with Gasteiger partial charge in [0.25, 0.3) is 0 Å². The number of piperazine rings is 1. The maximum atomic E-state index is 13.2. The van der Waals surface area contributed by atoms with Gasteiger partial charge in [-0.25, -0.2) is 9.37 Å². The number of aryl methyl sites for hydroxylation is 1. The van der Waals surface area contributed by atoms with Gasteiger partial charge in [-0.05, 0) is 37.1 Å². The first-order valence-corrected chi connectivity index (χ1v) is 11.9. The Morgan fingerprint density at radius 2 is 1.94 bits per heavy atom. The van der Waals surface area contributed by atoms with Crippen molar-refractivity contribution in [2.75, 3.05) is 48.8 Å². The third-order valence-corrected chi connectivity index (χ3v) is 7.13. The van der Waals surface area contributed by atoms with Gasteiger partial charge in [-0.2, -0.15) is 4.98 Å². The summed E-state index contributed by atoms with van der Waals surface area (Å²) in [5.74, 6) is 2.73. The predicted molar refractivity (Wildman–Crippen MR) is 124 cm³/mol. The molecule has 3 aliphatic rings. The van der Waals surface area contributed by atoms with E-state index in [9.17, 15) is 4.39 Å². The van der Waals surface area contributed by atoms with Crippen molar-refractivity contribution in [3.05, 3.63) is 41.3 Å². The standard InChI is InChI=1S/C22H26FN7OS/c23-15-3-1-14(2-4-15)20(25)30-9-8-29(13-18(30)24)22-27-17-7-12-32-19(17)21(28-22)26-16-5-10-31-11-6-16/h1-4,16,24-25H,5-13H2,(H,26,27,28). The molecule has 5 rings (SSSR count). The number of ether oxygens (including phenoxy) is 1. The molecular weight excluding hydrogens is 429 g/mol. The van der Waals surface area contributed by atoms with Crippen molar-refractivity contribution in [3.8, 4) is 0 Å². The molecule has 3 aliphatic heterocycles. The van der Waals surface area contributed by atoms with Crippen LogP contribution in [0.4, 0.5) is 16.2 Å². The number of anilines is 2. The highest BCUT2D eigenvalue weighted by Gasteiger charge is 2.29. The fourth-order valence-corrected chi connectivity index (χ4v) is 5.27. The van der Waals surface area contributed by atoms with Gasteiger partial charge in [-0.1, -0.05) is 0 Å². The summed E-state index contributed by atoms with van der Waals surface area (Å²) in [6.45, 7) is 2.95. The summed E-state index contributed by atoms with van der Waals surface area (Å²) < 4.78 is 18.7. The topological polar surface area (TPSA) is 101 Å². The van der Waals surface area contributed by atoms with Crippen LogP contribution in [-0.4, -0.2) is 71.2 Å². The van der Waals surface area contributed by atoms with Crippen molar-refractivity contribution in [2.45, 2.75) is 30.2 Å². The molecule has 10 heteroatoms. The fraction of sp³-hybridized carbons (Fsp3) is 0.455. The summed E-state index contributed by atoms with van der Waals surface area (Å²) in [6.07, 6.45) is 2.85. The van der Waals surface area contributed by atoms with Crippen LogP contribution in [0.15, 0.2) is 29.2 Å². The average Bonchev–Trinajstić information content (AvgIpc) is 3.29. The van der Waals surface area contributed by atoms with Crippen molar-refractivity contribution < 1.29 is 9.13 Å². The number of halogens is 1. The Kier molecular flexibility index (Phi) is 5.97. The number of nitrogens with zero attached hydrogens (tertiary/aromatic N) is 4. The molecule has 0 atom stereocenters. The Hall–Kier alpha value is -2.72. The summed E-state index contributed by atoms with van der Waals surface area (Å²) in [6, 6.07) is 6.18. The lowest BCUT2D eigenvalue weighted by Gasteiger charge is -2.36. The Balaban J connectivity index is 1.32. The molecule has 0 aliphatic carbocycles. The summed E-state index contributed by atoms with van der Waals surface area (Å²) in [5.41, 5.74) is 1.67. The molecule has 3 N–H and O–H groups in total. The van der Waals surface area contributed by atoms with E-state index in [1.54, 1.807) is 28.8 Å². The molecule has 2 aromatic rings. The molecule has 0 unspecified atom stereocenters. The molecule has 1 aromatic carbocycles. The second-order valence-electron chi connectivity index (χ2n) is 8.15. The number of fused-ring (bicyclic) bond motifs is 1. The van der Waals surface area contributed by atoms with Gasteiger partial charge in [0.15, 0.2) is 0 Å². The van der Waals surface area contributed by atoms with Gasteiger partial charge in [-0.3, -0.25) is 10.8 Å². The van der Waals surface area contributed by atoms with Crippen LogP contribution in [0.5, 0.6) is 0 Å². The van der Waals surface area contributed by atoms with E-state index in [2.05, 4.69) is 5.32 Å². The maximum absolute atomic E-state index is 13.2. The smallest absolute Gasteiger partial charge is 0.228 e. The van der Waals surface area contributed by atoms with E-state index in [4.69, 9.17) is 25.5 Å². The summed E-state index contributed by atoms with van der Waals surface area (Å²) in [7, 11) is 0. The van der Waals surface area contributed by atoms with Crippen LogP contribution in [0, 0.1) is 16.6 Å². The molecule has 0 saturated carbocycles. The van der Waals surface area contributed by atoms with Crippen LogP contribution in [0.1, 0.15) is 24.1 Å². The average molecular weight is 456 g/mol. The van der Waals surface area contributed by atoms with E-state index in [0.717, 1.165) is 54.6 Å². The first-order valence-electron chi connectivity index (χ1n) is 10.9. The van der Waals surface area contributed by atoms with E-state index in [0.29, 0.717) is 43.0 Å². The van der Waals surface area contributed by atoms with E-state index < -0.39 is 0 Å². The van der Waals surface area contributed by atoms with Gasteiger partial charge in [0.1, 0.15) is 23.3 Å². The van der Waals surface area contributed by atoms with Gasteiger partial charge >= 0.3 is 0 Å². The van der Waals surface area contributed by atoms with Crippen LogP contribution in [-0.2, 0) is 11.2 Å². The molecule has 2 saturated heterocycles. The lowest BCUT2D eigenvalue weighted by Crippen LogP contribution is -2.52. The van der Waals surface area contributed by atoms with Crippen molar-refractivity contribution in [1.29, 1.82) is 10.8 Å². The number of rotatable bonds is 4. The van der Waals surface area contributed by atoms with Crippen molar-refractivity contribution in [3.63, 3.8) is 0 Å². The third-order valence-electron chi connectivity index (χ3n) is 6.00. The summed E-state index contributed by atoms with van der Waals surface area (Å²) in [4.78, 5) is 14.5. The number of hydrogen-bond acceptors (Lipinski definition) is 8. The summed E-state index contributed by atoms with van der Waals surface area (Å²) in [5, 5.41) is 20.6. The lowest BCUT2D eigenvalue weighted by molar-refractivity contribution is 0.0903. The minimum Gasteiger partial charge on any atom is -0.381 e. The number of thioether (sulfide) groups is 1. The van der Waals surface area contributed by atoms with Crippen molar-refractivity contribution in [1.82, 2.24) is 14.9 Å². The number of amidine groups is 2. The number of hydrogen-bond donors (Lipinski definition) is 3. The van der Waals surface area contributed by atoms with E-state index >= 15 is 0 Å². The minimum atomic E-state index is -0.335. The fourth-order valence-electron chi connectivity index (χ4n) is 4.21. The normalized spacial score (nSPS) is 19.2. The highest BCUT2D eigenvalue weighted by Crippen LogP contribution is 2.37. The molecule has 4 heterocycles. The molecule has 32 heavy (non-hydrogen) atoms. The first-order chi connectivity index (χ1) is 15.6. The van der Waals surface area contributed by atoms with Crippen LogP contribution in [0.25, 0.3) is 0 Å². The molecule has 2 fully saturated rings. The van der Waals surface area contributed by atoms with Crippen molar-refractivity contribution >= 4 is 35.2 Å². The quantitative estimate of drug-likeness (QED) is 0.481. The van der Waals surface area contributed by atoms with Crippen molar-refractivity contribution in [2.24, 2.45) is 0 Å². The molecular formula is C22H26FN7OS. The molecule has 0 bridgehead atoms. The number of benzene rings is 1. The highest BCUT2D eigenvalue weighted by atomic mass is 32.2. The SMILES string of the molecule is N=C1CN(c2nc3c(c(NC4CCOCC4)n2)SCC3)CCN1C(=N)c1ccc(F)cc1. The van der Waals surface area contributed by atoms with Crippen LogP contribution < -0.4 is 10.2 Å². The molecule has 0 radical (unpaired) electrons. The zero-order valence-corrected chi connectivity index (χ0v) is 18.6. The first kappa shape index (κ1) is 21.1. The van der Waals surface area contributed by atoms with Gasteiger partial charge in [0, 0.05) is 50.1 Å². The monoisotopic (exact) mass is 455 g/mol.